The van der Waals surface area contributed by atoms with Crippen molar-refractivity contribution in [2.75, 3.05) is 0 Å². The Bertz CT molecular complexity index is 133. The van der Waals surface area contributed by atoms with Gasteiger partial charge in [0.1, 0.15) is 0 Å². The van der Waals surface area contributed by atoms with Crippen molar-refractivity contribution in [3.05, 3.63) is 0 Å². The van der Waals surface area contributed by atoms with Gasteiger partial charge >= 0.3 is 0 Å². The monoisotopic (exact) mass is 148 g/mol. The van der Waals surface area contributed by atoms with Crippen LogP contribution in [0.4, 0.5) is 0 Å². The van der Waals surface area contributed by atoms with Crippen LogP contribution in [-0.4, -0.2) is 33.4 Å². The molecule has 0 bridgehead atoms. The van der Waals surface area contributed by atoms with Crippen molar-refractivity contribution >= 4 is 12.1 Å². The number of carbonyl (C=O) groups is 2. The van der Waals surface area contributed by atoms with Crippen LogP contribution in [-0.2, 0) is 9.59 Å². The number of carbonyl (C=O) groups excluding carboxylic acids is 2. The van der Waals surface area contributed by atoms with Gasteiger partial charge in [-0.25, -0.2) is 0 Å². The van der Waals surface area contributed by atoms with Crippen molar-refractivity contribution in [3.8, 4) is 0 Å². The van der Waals surface area contributed by atoms with E-state index in [0.29, 0.717) is 0 Å². The van der Waals surface area contributed by atoms with E-state index in [1.807, 2.05) is 0 Å². The average molecular weight is 148 g/mol. The van der Waals surface area contributed by atoms with Crippen LogP contribution in [0.1, 0.15) is 12.8 Å². The van der Waals surface area contributed by atoms with Crippen LogP contribution in [0.2, 0.25) is 0 Å². The smallest absolute Gasteiger partial charge is 0.275 e. The second-order valence-electron chi connectivity index (χ2n) is 1.86. The van der Waals surface area contributed by atoms with Gasteiger partial charge in [-0.15, -0.1) is 0 Å². The molecule has 0 spiro atoms. The number of aldehydes is 1. The average Bonchev–Trinajstić information content (AvgIpc) is 1.81. The van der Waals surface area contributed by atoms with Crippen LogP contribution in [0.25, 0.3) is 0 Å². The summed E-state index contributed by atoms with van der Waals surface area (Å²) in [5.41, 5.74) is 0. The number of aliphatic hydroxyl groups is 3. The molecule has 10 heavy (non-hydrogen) atoms. The lowest BCUT2D eigenvalue weighted by molar-refractivity contribution is -0.314. The maximum atomic E-state index is 10.2. The summed E-state index contributed by atoms with van der Waals surface area (Å²) in [6.45, 7) is 0. The standard InChI is InChI=1S/C5H8O5/c6-3-4(7)1-2-5(8,9)10/h3,8-10H,1-2H2. The molecule has 0 saturated heterocycles. The van der Waals surface area contributed by atoms with Crippen LogP contribution in [0.3, 0.4) is 0 Å². The van der Waals surface area contributed by atoms with Gasteiger partial charge in [-0.05, 0) is 0 Å². The first-order valence-electron chi connectivity index (χ1n) is 2.61. The molecule has 0 rings (SSSR count). The molecule has 0 radical (unpaired) electrons. The molecule has 58 valence electrons. The van der Waals surface area contributed by atoms with Gasteiger partial charge in [0.25, 0.3) is 5.97 Å². The van der Waals surface area contributed by atoms with Crippen LogP contribution in [0.15, 0.2) is 0 Å². The summed E-state index contributed by atoms with van der Waals surface area (Å²) in [7, 11) is 0. The highest BCUT2D eigenvalue weighted by molar-refractivity contribution is 6.24. The fraction of sp³-hybridized carbons (Fsp3) is 0.600. The fourth-order valence-electron chi connectivity index (χ4n) is 0.350. The highest BCUT2D eigenvalue weighted by Crippen LogP contribution is 2.03. The molecule has 0 unspecified atom stereocenters. The van der Waals surface area contributed by atoms with Gasteiger partial charge in [0, 0.05) is 12.8 Å². The second-order valence-corrected chi connectivity index (χ2v) is 1.86. The number of hydrogen-bond donors (Lipinski definition) is 3. The van der Waals surface area contributed by atoms with Crippen molar-refractivity contribution in [3.63, 3.8) is 0 Å². The normalized spacial score (nSPS) is 11.1. The van der Waals surface area contributed by atoms with Gasteiger partial charge in [-0.2, -0.15) is 0 Å². The van der Waals surface area contributed by atoms with E-state index in [0.717, 1.165) is 0 Å². The van der Waals surface area contributed by atoms with Crippen LogP contribution < -0.4 is 0 Å². The predicted octanol–water partition coefficient (Wildman–Crippen LogP) is -1.83. The van der Waals surface area contributed by atoms with Crippen LogP contribution >= 0.6 is 0 Å². The summed E-state index contributed by atoms with van der Waals surface area (Å²) in [6, 6.07) is 0. The number of hydrogen-bond acceptors (Lipinski definition) is 5. The zero-order valence-corrected chi connectivity index (χ0v) is 5.15. The Hall–Kier alpha value is -0.780. The van der Waals surface area contributed by atoms with E-state index in [4.69, 9.17) is 15.3 Å². The first-order valence-corrected chi connectivity index (χ1v) is 2.61. The predicted molar refractivity (Wildman–Crippen MR) is 29.7 cm³/mol. The summed E-state index contributed by atoms with van der Waals surface area (Å²) in [6.07, 6.45) is -0.858. The summed E-state index contributed by atoms with van der Waals surface area (Å²) in [4.78, 5) is 19.8. The summed E-state index contributed by atoms with van der Waals surface area (Å²) >= 11 is 0. The third kappa shape index (κ3) is 5.36. The lowest BCUT2D eigenvalue weighted by Crippen LogP contribution is -2.27. The SMILES string of the molecule is O=CC(=O)CCC(O)(O)O. The maximum absolute atomic E-state index is 10.2. The molecule has 0 fully saturated rings. The quantitative estimate of drug-likeness (QED) is 0.247. The van der Waals surface area contributed by atoms with Crippen LogP contribution in [0, 0.1) is 0 Å². The zero-order valence-electron chi connectivity index (χ0n) is 5.15. The van der Waals surface area contributed by atoms with Crippen molar-refractivity contribution < 1.29 is 24.9 Å². The van der Waals surface area contributed by atoms with E-state index < -0.39 is 18.2 Å². The molecule has 0 saturated carbocycles. The van der Waals surface area contributed by atoms with E-state index in [2.05, 4.69) is 0 Å². The third-order valence-corrected chi connectivity index (χ3v) is 0.838. The Balaban J connectivity index is 3.55. The van der Waals surface area contributed by atoms with Gasteiger partial charge in [-0.3, -0.25) is 9.59 Å². The fourth-order valence-corrected chi connectivity index (χ4v) is 0.350. The molecule has 0 amide bonds. The molecular formula is C5H8O5. The Kier molecular flexibility index (Phi) is 3.14. The third-order valence-electron chi connectivity index (χ3n) is 0.838. The molecule has 3 N–H and O–H groups in total. The van der Waals surface area contributed by atoms with Gasteiger partial charge in [0.15, 0.2) is 12.1 Å². The summed E-state index contributed by atoms with van der Waals surface area (Å²) in [5.74, 6) is -3.62. The van der Waals surface area contributed by atoms with E-state index in [9.17, 15) is 9.59 Å². The van der Waals surface area contributed by atoms with E-state index in [1.54, 1.807) is 0 Å². The lowest BCUT2D eigenvalue weighted by Gasteiger charge is -2.11. The second kappa shape index (κ2) is 3.40. The topological polar surface area (TPSA) is 94.8 Å². The highest BCUT2D eigenvalue weighted by Gasteiger charge is 2.18. The Morgan fingerprint density at radius 3 is 2.20 bits per heavy atom. The largest absolute Gasteiger partial charge is 0.344 e. The molecule has 5 nitrogen and oxygen atoms in total. The molecule has 5 heteroatoms. The number of ketones is 1. The minimum atomic E-state index is -2.85. The van der Waals surface area contributed by atoms with E-state index >= 15 is 0 Å². The summed E-state index contributed by atoms with van der Waals surface area (Å²) in [5, 5.41) is 24.6. The first kappa shape index (κ1) is 9.22. The Labute approximate surface area is 56.9 Å². The van der Waals surface area contributed by atoms with Gasteiger partial charge in [0.2, 0.25) is 0 Å². The Morgan fingerprint density at radius 2 is 1.90 bits per heavy atom. The van der Waals surface area contributed by atoms with Crippen molar-refractivity contribution in [1.82, 2.24) is 0 Å². The molecule has 0 aromatic heterocycles. The van der Waals surface area contributed by atoms with Gasteiger partial charge < -0.3 is 15.3 Å². The highest BCUT2D eigenvalue weighted by atomic mass is 16.7. The van der Waals surface area contributed by atoms with E-state index in [-0.39, 0.29) is 12.7 Å². The number of rotatable bonds is 4. The molecule has 0 aromatic rings. The molecule has 0 aromatic carbocycles. The minimum Gasteiger partial charge on any atom is -0.344 e. The van der Waals surface area contributed by atoms with Crippen molar-refractivity contribution in [2.24, 2.45) is 0 Å². The molecule has 0 aliphatic rings. The number of Topliss-reactive ketones (excluding diaryl/α,β-unsaturated/α-hetero) is 1. The summed E-state index contributed by atoms with van der Waals surface area (Å²) < 4.78 is 0. The maximum Gasteiger partial charge on any atom is 0.275 e. The molecule has 0 aliphatic heterocycles. The first-order chi connectivity index (χ1) is 4.45. The van der Waals surface area contributed by atoms with Gasteiger partial charge in [-0.1, -0.05) is 0 Å². The molecule has 0 heterocycles. The molecule has 0 aliphatic carbocycles. The van der Waals surface area contributed by atoms with E-state index in [1.165, 1.54) is 0 Å². The molecular weight excluding hydrogens is 140 g/mol. The van der Waals surface area contributed by atoms with Crippen molar-refractivity contribution in [2.45, 2.75) is 18.8 Å². The minimum absolute atomic E-state index is 0.0612. The zero-order chi connectivity index (χ0) is 8.20. The molecule has 0 atom stereocenters. The van der Waals surface area contributed by atoms with Crippen molar-refractivity contribution in [1.29, 1.82) is 0 Å². The Morgan fingerprint density at radius 1 is 1.40 bits per heavy atom. The lowest BCUT2D eigenvalue weighted by atomic mass is 10.2. The van der Waals surface area contributed by atoms with Crippen LogP contribution in [0.5, 0.6) is 0 Å². The van der Waals surface area contributed by atoms with Gasteiger partial charge in [0.05, 0.1) is 0 Å².